The summed E-state index contributed by atoms with van der Waals surface area (Å²) in [4.78, 5) is 0. The van der Waals surface area contributed by atoms with Crippen LogP contribution in [0.4, 0.5) is 5.69 Å². The fraction of sp³-hybridized carbons (Fsp3) is 0.333. The van der Waals surface area contributed by atoms with Gasteiger partial charge in [-0.05, 0) is 38.5 Å². The highest BCUT2D eigenvalue weighted by atomic mass is 31.2. The van der Waals surface area contributed by atoms with Crippen LogP contribution in [-0.2, 0) is 13.6 Å². The fourth-order valence-corrected chi connectivity index (χ4v) is 4.27. The number of anilines is 1. The maximum Gasteiger partial charge on any atom is 0.357 e. The Labute approximate surface area is 138 Å². The van der Waals surface area contributed by atoms with E-state index in [0.717, 1.165) is 16.8 Å². The zero-order chi connectivity index (χ0) is 16.7. The Morgan fingerprint density at radius 3 is 2.04 bits per heavy atom. The molecule has 0 unspecified atom stereocenters. The van der Waals surface area contributed by atoms with Crippen LogP contribution in [0.2, 0.25) is 0 Å². The Morgan fingerprint density at radius 2 is 1.52 bits per heavy atom. The van der Waals surface area contributed by atoms with Gasteiger partial charge in [0.25, 0.3) is 0 Å². The number of aryl methyl sites for hydroxylation is 1. The van der Waals surface area contributed by atoms with Gasteiger partial charge in [0.2, 0.25) is 0 Å². The van der Waals surface area contributed by atoms with Crippen molar-refractivity contribution in [1.29, 1.82) is 0 Å². The normalized spacial score (nSPS) is 12.8. The van der Waals surface area contributed by atoms with Gasteiger partial charge >= 0.3 is 7.60 Å². The molecular formula is C18H24NO3P. The molecule has 4 nitrogen and oxygen atoms in total. The van der Waals surface area contributed by atoms with Gasteiger partial charge in [0.1, 0.15) is 0 Å². The molecule has 1 N–H and O–H groups in total. The molecule has 0 aliphatic carbocycles. The molecule has 0 aliphatic heterocycles. The third kappa shape index (κ3) is 4.68. The van der Waals surface area contributed by atoms with Crippen LogP contribution in [0, 0.1) is 6.92 Å². The van der Waals surface area contributed by atoms with Gasteiger partial charge < -0.3 is 14.4 Å². The molecule has 0 bridgehead atoms. The summed E-state index contributed by atoms with van der Waals surface area (Å²) in [6.45, 7) is 6.32. The van der Waals surface area contributed by atoms with Gasteiger partial charge in [-0.2, -0.15) is 0 Å². The number of rotatable bonds is 8. The predicted molar refractivity (Wildman–Crippen MR) is 94.8 cm³/mol. The molecule has 2 rings (SSSR count). The summed E-state index contributed by atoms with van der Waals surface area (Å²) in [6.07, 6.45) is 0. The molecule has 1 atom stereocenters. The molecule has 23 heavy (non-hydrogen) atoms. The Bertz CT molecular complexity index is 633. The first-order valence-electron chi connectivity index (χ1n) is 7.86. The summed E-state index contributed by atoms with van der Waals surface area (Å²) in [5.74, 6) is -0.551. The van der Waals surface area contributed by atoms with Crippen molar-refractivity contribution in [2.45, 2.75) is 26.6 Å². The number of nitrogens with one attached hydrogen (secondary N) is 1. The molecule has 0 radical (unpaired) electrons. The van der Waals surface area contributed by atoms with Crippen LogP contribution in [0.3, 0.4) is 0 Å². The fourth-order valence-electron chi connectivity index (χ4n) is 2.33. The van der Waals surface area contributed by atoms with Crippen LogP contribution in [0.15, 0.2) is 54.6 Å². The van der Waals surface area contributed by atoms with Crippen molar-refractivity contribution < 1.29 is 13.6 Å². The van der Waals surface area contributed by atoms with Crippen molar-refractivity contribution in [2.24, 2.45) is 0 Å². The average Bonchev–Trinajstić information content (AvgIpc) is 2.55. The van der Waals surface area contributed by atoms with E-state index in [-0.39, 0.29) is 0 Å². The van der Waals surface area contributed by atoms with E-state index in [1.165, 1.54) is 0 Å². The quantitative estimate of drug-likeness (QED) is 0.660. The predicted octanol–water partition coefficient (Wildman–Crippen LogP) is 5.37. The molecule has 0 spiro atoms. The zero-order valence-electron chi connectivity index (χ0n) is 13.9. The van der Waals surface area contributed by atoms with E-state index in [1.807, 2.05) is 75.4 Å². The minimum Gasteiger partial charge on any atom is -0.368 e. The van der Waals surface area contributed by atoms with E-state index in [0.29, 0.717) is 13.2 Å². The molecular weight excluding hydrogens is 309 g/mol. The first-order chi connectivity index (χ1) is 11.1. The smallest absolute Gasteiger partial charge is 0.357 e. The maximum absolute atomic E-state index is 13.3. The van der Waals surface area contributed by atoms with Crippen molar-refractivity contribution in [1.82, 2.24) is 0 Å². The summed E-state index contributed by atoms with van der Waals surface area (Å²) < 4.78 is 24.4. The van der Waals surface area contributed by atoms with Crippen molar-refractivity contribution in [3.05, 3.63) is 65.7 Å². The molecule has 2 aromatic rings. The number of hydrogen-bond donors (Lipinski definition) is 1. The highest BCUT2D eigenvalue weighted by Crippen LogP contribution is 2.60. The van der Waals surface area contributed by atoms with Gasteiger partial charge in [-0.3, -0.25) is 4.57 Å². The molecule has 0 aliphatic rings. The van der Waals surface area contributed by atoms with E-state index in [1.54, 1.807) is 0 Å². The van der Waals surface area contributed by atoms with Gasteiger partial charge in [-0.25, -0.2) is 0 Å². The van der Waals surface area contributed by atoms with E-state index in [9.17, 15) is 4.57 Å². The summed E-state index contributed by atoms with van der Waals surface area (Å²) in [5.41, 5.74) is 2.90. The van der Waals surface area contributed by atoms with Gasteiger partial charge in [-0.1, -0.05) is 48.0 Å². The Kier molecular flexibility index (Phi) is 6.40. The summed E-state index contributed by atoms with van der Waals surface area (Å²) in [5, 5.41) is 3.31. The largest absolute Gasteiger partial charge is 0.368 e. The van der Waals surface area contributed by atoms with Gasteiger partial charge in [0.05, 0.1) is 13.2 Å². The number of benzene rings is 2. The van der Waals surface area contributed by atoms with Crippen molar-refractivity contribution in [3.63, 3.8) is 0 Å². The van der Waals surface area contributed by atoms with Gasteiger partial charge in [0, 0.05) is 5.69 Å². The molecule has 0 fully saturated rings. The highest BCUT2D eigenvalue weighted by molar-refractivity contribution is 7.54. The lowest BCUT2D eigenvalue weighted by Gasteiger charge is -2.28. The molecule has 0 saturated heterocycles. The van der Waals surface area contributed by atoms with E-state index in [2.05, 4.69) is 5.32 Å². The third-order valence-corrected chi connectivity index (χ3v) is 5.70. The highest BCUT2D eigenvalue weighted by Gasteiger charge is 2.37. The molecule has 0 aromatic heterocycles. The summed E-state index contributed by atoms with van der Waals surface area (Å²) in [7, 11) is -3.34. The first-order valence-corrected chi connectivity index (χ1v) is 9.47. The maximum atomic E-state index is 13.3. The van der Waals surface area contributed by atoms with Crippen LogP contribution in [0.5, 0.6) is 0 Å². The van der Waals surface area contributed by atoms with Crippen LogP contribution in [0.1, 0.15) is 30.8 Å². The standard InChI is InChI=1S/C18H24NO3P/c1-4-21-23(20,22-5-2)18(16-13-11-15(3)12-14-16)19-17-9-7-6-8-10-17/h6-14,18-19H,4-5H2,1-3H3/t18-/m1/s1. The second-order valence-electron chi connectivity index (χ2n) is 5.20. The van der Waals surface area contributed by atoms with Crippen LogP contribution in [0.25, 0.3) is 0 Å². The number of para-hydroxylation sites is 1. The lowest BCUT2D eigenvalue weighted by molar-refractivity contribution is 0.214. The summed E-state index contributed by atoms with van der Waals surface area (Å²) >= 11 is 0. The summed E-state index contributed by atoms with van der Waals surface area (Å²) in [6, 6.07) is 17.6. The lowest BCUT2D eigenvalue weighted by Crippen LogP contribution is -2.15. The molecule has 0 amide bonds. The Balaban J connectivity index is 2.40. The van der Waals surface area contributed by atoms with E-state index < -0.39 is 13.4 Å². The molecule has 5 heteroatoms. The van der Waals surface area contributed by atoms with Crippen molar-refractivity contribution in [2.75, 3.05) is 18.5 Å². The second-order valence-corrected chi connectivity index (χ2v) is 7.31. The molecule has 0 heterocycles. The van der Waals surface area contributed by atoms with E-state index >= 15 is 0 Å². The third-order valence-electron chi connectivity index (χ3n) is 3.40. The topological polar surface area (TPSA) is 47.6 Å². The zero-order valence-corrected chi connectivity index (χ0v) is 14.8. The monoisotopic (exact) mass is 333 g/mol. The Morgan fingerprint density at radius 1 is 0.957 bits per heavy atom. The van der Waals surface area contributed by atoms with Crippen LogP contribution >= 0.6 is 7.60 Å². The SMILES string of the molecule is CCOP(=O)(OCC)[C@@H](Nc1ccccc1)c1ccc(C)cc1. The molecule has 0 saturated carbocycles. The Hall–Kier alpha value is -1.61. The van der Waals surface area contributed by atoms with Crippen LogP contribution < -0.4 is 5.32 Å². The van der Waals surface area contributed by atoms with Gasteiger partial charge in [0.15, 0.2) is 5.78 Å². The first kappa shape index (κ1) is 17.7. The molecule has 124 valence electrons. The average molecular weight is 333 g/mol. The van der Waals surface area contributed by atoms with Crippen molar-refractivity contribution in [3.8, 4) is 0 Å². The minimum atomic E-state index is -3.34. The second kappa shape index (κ2) is 8.30. The lowest BCUT2D eigenvalue weighted by atomic mass is 10.1. The van der Waals surface area contributed by atoms with E-state index in [4.69, 9.17) is 9.05 Å². The van der Waals surface area contributed by atoms with Gasteiger partial charge in [-0.15, -0.1) is 0 Å². The molecule has 2 aromatic carbocycles. The number of hydrogen-bond acceptors (Lipinski definition) is 4. The van der Waals surface area contributed by atoms with Crippen molar-refractivity contribution >= 4 is 13.3 Å². The van der Waals surface area contributed by atoms with Crippen LogP contribution in [-0.4, -0.2) is 13.2 Å². The minimum absolute atomic E-state index is 0.329.